The number of fused-ring (bicyclic) bond motifs is 2. The minimum absolute atomic E-state index is 0.126. The Bertz CT molecular complexity index is 1470. The molecule has 0 spiro atoms. The average Bonchev–Trinajstić information content (AvgIpc) is 3.54. The van der Waals surface area contributed by atoms with Crippen molar-refractivity contribution in [3.05, 3.63) is 69.8 Å². The van der Waals surface area contributed by atoms with Crippen molar-refractivity contribution in [3.63, 3.8) is 0 Å². The van der Waals surface area contributed by atoms with Crippen LogP contribution in [0.15, 0.2) is 47.3 Å². The van der Waals surface area contributed by atoms with Crippen LogP contribution in [0.2, 0.25) is 0 Å². The van der Waals surface area contributed by atoms with E-state index in [0.717, 1.165) is 46.0 Å². The number of aromatic amines is 1. The lowest BCUT2D eigenvalue weighted by molar-refractivity contribution is 0.153. The van der Waals surface area contributed by atoms with E-state index in [1.54, 1.807) is 7.11 Å². The largest absolute Gasteiger partial charge is 0.497 e. The number of tetrazole rings is 1. The highest BCUT2D eigenvalue weighted by molar-refractivity contribution is 5.80. The van der Waals surface area contributed by atoms with Crippen molar-refractivity contribution in [2.75, 3.05) is 13.9 Å². The average molecular weight is 505 g/mol. The summed E-state index contributed by atoms with van der Waals surface area (Å²) in [5, 5.41) is 13.6. The highest BCUT2D eigenvalue weighted by Crippen LogP contribution is 2.35. The Balaban J connectivity index is 1.56. The number of hydrogen-bond donors (Lipinski definition) is 1. The molecule has 1 aliphatic rings. The van der Waals surface area contributed by atoms with Gasteiger partial charge >= 0.3 is 0 Å². The van der Waals surface area contributed by atoms with Gasteiger partial charge in [0.15, 0.2) is 17.3 Å². The first kappa shape index (κ1) is 24.8. The number of hydrogen-bond acceptors (Lipinski definition) is 8. The molecular formula is C27H32N6O4. The lowest BCUT2D eigenvalue weighted by atomic mass is 10.0. The predicted molar refractivity (Wildman–Crippen MR) is 139 cm³/mol. The van der Waals surface area contributed by atoms with Gasteiger partial charge in [0.2, 0.25) is 6.79 Å². The number of nitrogens with zero attached hydrogens (tertiary/aromatic N) is 5. The minimum atomic E-state index is -0.298. The van der Waals surface area contributed by atoms with Crippen LogP contribution in [0.4, 0.5) is 0 Å². The zero-order valence-corrected chi connectivity index (χ0v) is 21.8. The maximum absolute atomic E-state index is 13.2. The van der Waals surface area contributed by atoms with Gasteiger partial charge < -0.3 is 19.2 Å². The van der Waals surface area contributed by atoms with Crippen LogP contribution in [0, 0.1) is 0 Å². The molecule has 0 radical (unpaired) electrons. The van der Waals surface area contributed by atoms with Gasteiger partial charge in [-0.05, 0) is 79.6 Å². The molecule has 194 valence electrons. The molecule has 0 aliphatic carbocycles. The standard InChI is InChI=1S/C27H32N6O4/c1-6-22(25-29-30-31-33(25)27(2,3)4)32(14-17-7-10-23-24(11-17)37-16-36-23)15-19-12-18-13-20(35-5)8-9-21(18)28-26(19)34/h7-13,22H,6,14-16H2,1-5H3,(H,28,34). The van der Waals surface area contributed by atoms with Crippen molar-refractivity contribution in [1.29, 1.82) is 0 Å². The molecule has 2 aromatic heterocycles. The van der Waals surface area contributed by atoms with Crippen LogP contribution in [0.3, 0.4) is 0 Å². The molecule has 1 unspecified atom stereocenters. The van der Waals surface area contributed by atoms with Gasteiger partial charge in [-0.15, -0.1) is 5.10 Å². The maximum atomic E-state index is 13.2. The highest BCUT2D eigenvalue weighted by Gasteiger charge is 2.30. The molecule has 2 aromatic carbocycles. The lowest BCUT2D eigenvalue weighted by Crippen LogP contribution is -2.35. The van der Waals surface area contributed by atoms with Crippen LogP contribution in [-0.2, 0) is 18.6 Å². The quantitative estimate of drug-likeness (QED) is 0.381. The van der Waals surface area contributed by atoms with Crippen LogP contribution < -0.4 is 19.8 Å². The first-order valence-corrected chi connectivity index (χ1v) is 12.4. The Labute approximate surface area is 215 Å². The summed E-state index contributed by atoms with van der Waals surface area (Å²) in [4.78, 5) is 18.4. The second-order valence-electron chi connectivity index (χ2n) is 10.2. The number of pyridine rings is 1. The SMILES string of the molecule is CCC(c1nnnn1C(C)(C)C)N(Cc1ccc2c(c1)OCO2)Cc1cc2cc(OC)ccc2[nH]c1=O. The van der Waals surface area contributed by atoms with E-state index in [0.29, 0.717) is 18.7 Å². The molecular weight excluding hydrogens is 472 g/mol. The smallest absolute Gasteiger partial charge is 0.252 e. The van der Waals surface area contributed by atoms with E-state index in [2.05, 4.69) is 53.1 Å². The molecule has 0 bridgehead atoms. The van der Waals surface area contributed by atoms with Crippen molar-refractivity contribution >= 4 is 10.9 Å². The summed E-state index contributed by atoms with van der Waals surface area (Å²) < 4.78 is 18.3. The van der Waals surface area contributed by atoms with Crippen LogP contribution in [0.25, 0.3) is 10.9 Å². The molecule has 4 aromatic rings. The van der Waals surface area contributed by atoms with Crippen molar-refractivity contribution in [3.8, 4) is 17.2 Å². The number of H-pyrrole nitrogens is 1. The molecule has 0 fully saturated rings. The van der Waals surface area contributed by atoms with Gasteiger partial charge in [-0.1, -0.05) is 13.0 Å². The molecule has 0 saturated heterocycles. The van der Waals surface area contributed by atoms with Gasteiger partial charge in [0, 0.05) is 29.6 Å². The van der Waals surface area contributed by atoms with Crippen molar-refractivity contribution in [2.45, 2.75) is 58.8 Å². The number of nitrogens with one attached hydrogen (secondary N) is 1. The maximum Gasteiger partial charge on any atom is 0.252 e. The fourth-order valence-electron chi connectivity index (χ4n) is 4.73. The Morgan fingerprint density at radius 3 is 2.68 bits per heavy atom. The Morgan fingerprint density at radius 1 is 1.11 bits per heavy atom. The van der Waals surface area contributed by atoms with Gasteiger partial charge in [0.1, 0.15) is 5.75 Å². The van der Waals surface area contributed by atoms with Gasteiger partial charge in [0.05, 0.1) is 18.7 Å². The fourth-order valence-corrected chi connectivity index (χ4v) is 4.73. The summed E-state index contributed by atoms with van der Waals surface area (Å²) >= 11 is 0. The topological polar surface area (TPSA) is 107 Å². The van der Waals surface area contributed by atoms with E-state index in [1.807, 2.05) is 47.1 Å². The van der Waals surface area contributed by atoms with E-state index < -0.39 is 0 Å². The lowest BCUT2D eigenvalue weighted by Gasteiger charge is -2.32. The van der Waals surface area contributed by atoms with Crippen LogP contribution in [0.1, 0.15) is 57.1 Å². The van der Waals surface area contributed by atoms with Crippen molar-refractivity contribution < 1.29 is 14.2 Å². The van der Waals surface area contributed by atoms with Gasteiger partial charge in [-0.2, -0.15) is 0 Å². The molecule has 10 heteroatoms. The summed E-state index contributed by atoms with van der Waals surface area (Å²) in [6.45, 7) is 9.49. The molecule has 37 heavy (non-hydrogen) atoms. The number of ether oxygens (including phenoxy) is 3. The van der Waals surface area contributed by atoms with E-state index in [9.17, 15) is 4.79 Å². The predicted octanol–water partition coefficient (Wildman–Crippen LogP) is 4.16. The van der Waals surface area contributed by atoms with E-state index in [1.165, 1.54) is 0 Å². The molecule has 1 atom stereocenters. The molecule has 1 N–H and O–H groups in total. The van der Waals surface area contributed by atoms with Crippen LogP contribution >= 0.6 is 0 Å². The van der Waals surface area contributed by atoms with Gasteiger partial charge in [-0.25, -0.2) is 4.68 Å². The van der Waals surface area contributed by atoms with Crippen LogP contribution in [-0.4, -0.2) is 44.0 Å². The minimum Gasteiger partial charge on any atom is -0.497 e. The molecule has 3 heterocycles. The second kappa shape index (κ2) is 9.85. The number of benzene rings is 2. The molecule has 1 aliphatic heterocycles. The second-order valence-corrected chi connectivity index (χ2v) is 10.2. The molecule has 0 saturated carbocycles. The summed E-state index contributed by atoms with van der Waals surface area (Å²) in [7, 11) is 1.63. The number of methoxy groups -OCH3 is 1. The monoisotopic (exact) mass is 504 g/mol. The summed E-state index contributed by atoms with van der Waals surface area (Å²) in [6, 6.07) is 13.3. The van der Waals surface area contributed by atoms with Gasteiger partial charge in [-0.3, -0.25) is 9.69 Å². The van der Waals surface area contributed by atoms with Crippen LogP contribution in [0.5, 0.6) is 17.2 Å². The first-order chi connectivity index (χ1) is 17.8. The Kier molecular flexibility index (Phi) is 6.59. The fraction of sp³-hybridized carbons (Fsp3) is 0.407. The number of rotatable bonds is 8. The summed E-state index contributed by atoms with van der Waals surface area (Å²) in [6.07, 6.45) is 0.750. The van der Waals surface area contributed by atoms with Gasteiger partial charge in [0.25, 0.3) is 5.56 Å². The van der Waals surface area contributed by atoms with Crippen molar-refractivity contribution in [2.24, 2.45) is 0 Å². The number of aromatic nitrogens is 5. The molecule has 5 rings (SSSR count). The Morgan fingerprint density at radius 2 is 1.92 bits per heavy atom. The van der Waals surface area contributed by atoms with E-state index in [-0.39, 0.29) is 23.9 Å². The molecule has 10 nitrogen and oxygen atoms in total. The van der Waals surface area contributed by atoms with E-state index in [4.69, 9.17) is 14.2 Å². The first-order valence-electron chi connectivity index (χ1n) is 12.4. The third-order valence-corrected chi connectivity index (χ3v) is 6.58. The van der Waals surface area contributed by atoms with E-state index >= 15 is 0 Å². The third-order valence-electron chi connectivity index (χ3n) is 6.58. The normalized spacial score (nSPS) is 13.9. The molecule has 0 amide bonds. The highest BCUT2D eigenvalue weighted by atomic mass is 16.7. The summed E-state index contributed by atoms with van der Waals surface area (Å²) in [5.41, 5.74) is 2.03. The third kappa shape index (κ3) is 5.01. The summed E-state index contributed by atoms with van der Waals surface area (Å²) in [5.74, 6) is 2.95. The van der Waals surface area contributed by atoms with Crippen molar-refractivity contribution in [1.82, 2.24) is 30.1 Å². The Hall–Kier alpha value is -3.92. The zero-order valence-electron chi connectivity index (χ0n) is 21.8. The zero-order chi connectivity index (χ0) is 26.2.